The Kier molecular flexibility index (Phi) is 6.41. The standard InChI is InChI=1S/C23H16Cl2N2O4S/c1-27-21(28)20(32-23(27)26-15-6-3-13(4-7-15)22(29)30-2)12-16-8-10-19(31-16)17-9-5-14(24)11-18(17)25/h3-12H,1-2H3/b20-12-,26-23?. The maximum absolute atomic E-state index is 12.7. The zero-order valence-corrected chi connectivity index (χ0v) is 19.3. The summed E-state index contributed by atoms with van der Waals surface area (Å²) in [6, 6.07) is 15.3. The highest BCUT2D eigenvalue weighted by Gasteiger charge is 2.30. The zero-order chi connectivity index (χ0) is 22.8. The number of furan rings is 1. The Morgan fingerprint density at radius 3 is 2.56 bits per heavy atom. The first-order valence-electron chi connectivity index (χ1n) is 9.35. The molecular weight excluding hydrogens is 471 g/mol. The number of hydrogen-bond donors (Lipinski definition) is 0. The number of esters is 1. The molecule has 1 amide bonds. The number of hydrogen-bond acceptors (Lipinski definition) is 6. The molecule has 32 heavy (non-hydrogen) atoms. The molecule has 1 fully saturated rings. The molecule has 6 nitrogen and oxygen atoms in total. The van der Waals surface area contributed by atoms with Crippen molar-refractivity contribution in [2.45, 2.75) is 0 Å². The zero-order valence-electron chi connectivity index (χ0n) is 17.0. The molecule has 0 atom stereocenters. The van der Waals surface area contributed by atoms with E-state index in [1.165, 1.54) is 23.8 Å². The number of carbonyl (C=O) groups is 2. The van der Waals surface area contributed by atoms with Gasteiger partial charge in [-0.2, -0.15) is 0 Å². The van der Waals surface area contributed by atoms with Crippen molar-refractivity contribution in [1.29, 1.82) is 0 Å². The molecule has 3 aromatic rings. The van der Waals surface area contributed by atoms with Crippen LogP contribution in [0.4, 0.5) is 5.69 Å². The van der Waals surface area contributed by atoms with E-state index >= 15 is 0 Å². The summed E-state index contributed by atoms with van der Waals surface area (Å²) in [6.07, 6.45) is 1.67. The highest BCUT2D eigenvalue weighted by Crippen LogP contribution is 2.35. The number of amides is 1. The minimum atomic E-state index is -0.422. The van der Waals surface area contributed by atoms with E-state index in [4.69, 9.17) is 32.4 Å². The third-order valence-electron chi connectivity index (χ3n) is 4.61. The molecule has 0 aliphatic carbocycles. The third kappa shape index (κ3) is 4.60. The van der Waals surface area contributed by atoms with Crippen LogP contribution in [-0.4, -0.2) is 36.1 Å². The molecule has 1 saturated heterocycles. The van der Waals surface area contributed by atoms with Gasteiger partial charge in [-0.15, -0.1) is 0 Å². The van der Waals surface area contributed by atoms with Crippen molar-refractivity contribution >= 4 is 63.8 Å². The van der Waals surface area contributed by atoms with Crippen LogP contribution in [-0.2, 0) is 9.53 Å². The summed E-state index contributed by atoms with van der Waals surface area (Å²) in [4.78, 5) is 30.7. The quantitative estimate of drug-likeness (QED) is 0.320. The van der Waals surface area contributed by atoms with Crippen molar-refractivity contribution in [2.75, 3.05) is 14.2 Å². The highest BCUT2D eigenvalue weighted by molar-refractivity contribution is 8.18. The second kappa shape index (κ2) is 9.24. The smallest absolute Gasteiger partial charge is 0.337 e. The summed E-state index contributed by atoms with van der Waals surface area (Å²) in [6.45, 7) is 0. The van der Waals surface area contributed by atoms with Crippen molar-refractivity contribution < 1.29 is 18.7 Å². The Balaban J connectivity index is 1.56. The van der Waals surface area contributed by atoms with Crippen molar-refractivity contribution in [2.24, 2.45) is 4.99 Å². The normalized spacial score (nSPS) is 16.2. The van der Waals surface area contributed by atoms with Crippen molar-refractivity contribution in [3.05, 3.63) is 80.9 Å². The largest absolute Gasteiger partial charge is 0.465 e. The number of rotatable bonds is 4. The predicted octanol–water partition coefficient (Wildman–Crippen LogP) is 6.27. The van der Waals surface area contributed by atoms with Gasteiger partial charge < -0.3 is 9.15 Å². The third-order valence-corrected chi connectivity index (χ3v) is 6.22. The van der Waals surface area contributed by atoms with Gasteiger partial charge in [-0.3, -0.25) is 9.69 Å². The van der Waals surface area contributed by atoms with E-state index in [0.717, 1.165) is 0 Å². The number of thioether (sulfide) groups is 1. The topological polar surface area (TPSA) is 72.1 Å². The Morgan fingerprint density at radius 2 is 1.88 bits per heavy atom. The van der Waals surface area contributed by atoms with E-state index < -0.39 is 5.97 Å². The maximum atomic E-state index is 12.7. The first-order chi connectivity index (χ1) is 15.4. The second-order valence-electron chi connectivity index (χ2n) is 6.73. The van der Waals surface area contributed by atoms with Gasteiger partial charge in [0.2, 0.25) is 0 Å². The van der Waals surface area contributed by atoms with Gasteiger partial charge in [-0.05, 0) is 66.4 Å². The highest BCUT2D eigenvalue weighted by atomic mass is 35.5. The van der Waals surface area contributed by atoms with E-state index in [0.29, 0.717) is 48.5 Å². The van der Waals surface area contributed by atoms with Crippen LogP contribution in [0.1, 0.15) is 16.1 Å². The lowest BCUT2D eigenvalue weighted by atomic mass is 10.2. The molecule has 0 saturated carbocycles. The van der Waals surface area contributed by atoms with Crippen LogP contribution in [0.15, 0.2) is 68.9 Å². The number of methoxy groups -OCH3 is 1. The van der Waals surface area contributed by atoms with Crippen LogP contribution >= 0.6 is 35.0 Å². The molecule has 0 spiro atoms. The first-order valence-corrected chi connectivity index (χ1v) is 10.9. The van der Waals surface area contributed by atoms with Gasteiger partial charge in [-0.1, -0.05) is 23.2 Å². The molecule has 0 N–H and O–H groups in total. The minimum absolute atomic E-state index is 0.192. The summed E-state index contributed by atoms with van der Waals surface area (Å²) in [7, 11) is 2.98. The van der Waals surface area contributed by atoms with Gasteiger partial charge in [0, 0.05) is 23.7 Å². The molecule has 1 aliphatic heterocycles. The minimum Gasteiger partial charge on any atom is -0.465 e. The van der Waals surface area contributed by atoms with Gasteiger partial charge in [-0.25, -0.2) is 9.79 Å². The molecule has 1 aliphatic rings. The summed E-state index contributed by atoms with van der Waals surface area (Å²) < 4.78 is 10.6. The molecule has 9 heteroatoms. The van der Waals surface area contributed by atoms with Crippen molar-refractivity contribution in [3.8, 4) is 11.3 Å². The van der Waals surface area contributed by atoms with Crippen molar-refractivity contribution in [3.63, 3.8) is 0 Å². The second-order valence-corrected chi connectivity index (χ2v) is 8.59. The molecule has 2 aromatic carbocycles. The van der Waals surface area contributed by atoms with E-state index in [2.05, 4.69) is 4.99 Å². The number of nitrogens with zero attached hydrogens (tertiary/aromatic N) is 2. The number of aliphatic imine (C=N–C) groups is 1. The molecule has 162 valence electrons. The van der Waals surface area contributed by atoms with Gasteiger partial charge in [0.1, 0.15) is 11.5 Å². The fourth-order valence-corrected chi connectivity index (χ4v) is 4.41. The monoisotopic (exact) mass is 486 g/mol. The molecule has 0 unspecified atom stereocenters. The summed E-state index contributed by atoms with van der Waals surface area (Å²) in [5.74, 6) is 0.470. The molecule has 0 radical (unpaired) electrons. The molecule has 2 heterocycles. The van der Waals surface area contributed by atoms with Crippen LogP contribution in [0.3, 0.4) is 0 Å². The fourth-order valence-electron chi connectivity index (χ4n) is 2.95. The van der Waals surface area contributed by atoms with Crippen LogP contribution in [0.5, 0.6) is 0 Å². The van der Waals surface area contributed by atoms with E-state index in [-0.39, 0.29) is 5.91 Å². The lowest BCUT2D eigenvalue weighted by molar-refractivity contribution is -0.121. The number of halogens is 2. The molecule has 0 bridgehead atoms. The Morgan fingerprint density at radius 1 is 1.12 bits per heavy atom. The SMILES string of the molecule is COC(=O)c1ccc(N=C2S/C(=C\c3ccc(-c4ccc(Cl)cc4Cl)o3)C(=O)N2C)cc1. The Labute approximate surface area is 198 Å². The van der Waals surface area contributed by atoms with Gasteiger partial charge in [0.05, 0.1) is 28.3 Å². The average Bonchev–Trinajstić information content (AvgIpc) is 3.34. The predicted molar refractivity (Wildman–Crippen MR) is 127 cm³/mol. The lowest BCUT2D eigenvalue weighted by Crippen LogP contribution is -2.23. The van der Waals surface area contributed by atoms with Crippen LogP contribution in [0, 0.1) is 0 Å². The van der Waals surface area contributed by atoms with Crippen LogP contribution < -0.4 is 0 Å². The number of carbonyl (C=O) groups excluding carboxylic acids is 2. The number of ether oxygens (including phenoxy) is 1. The summed E-state index contributed by atoms with van der Waals surface area (Å²) in [5.41, 5.74) is 1.74. The summed E-state index contributed by atoms with van der Waals surface area (Å²) in [5, 5.41) is 1.53. The van der Waals surface area contributed by atoms with Crippen LogP contribution in [0.2, 0.25) is 10.0 Å². The molecule has 1 aromatic heterocycles. The van der Waals surface area contributed by atoms with Gasteiger partial charge in [0.25, 0.3) is 5.91 Å². The first kappa shape index (κ1) is 22.2. The number of likely N-dealkylation sites (N-methyl/N-ethyl adjacent to an activating group) is 1. The Bertz CT molecular complexity index is 1270. The van der Waals surface area contributed by atoms with Gasteiger partial charge >= 0.3 is 5.97 Å². The number of amidine groups is 1. The van der Waals surface area contributed by atoms with Crippen LogP contribution in [0.25, 0.3) is 17.4 Å². The Hall–Kier alpha value is -3.00. The fraction of sp³-hybridized carbons (Fsp3) is 0.0870. The maximum Gasteiger partial charge on any atom is 0.337 e. The van der Waals surface area contributed by atoms with E-state index in [9.17, 15) is 9.59 Å². The number of benzene rings is 2. The molecule has 4 rings (SSSR count). The molecular formula is C23H16Cl2N2O4S. The van der Waals surface area contributed by atoms with Gasteiger partial charge in [0.15, 0.2) is 5.17 Å². The average molecular weight is 487 g/mol. The lowest BCUT2D eigenvalue weighted by Gasteiger charge is -2.07. The van der Waals surface area contributed by atoms with E-state index in [1.54, 1.807) is 67.7 Å². The van der Waals surface area contributed by atoms with E-state index in [1.807, 2.05) is 0 Å². The summed E-state index contributed by atoms with van der Waals surface area (Å²) >= 11 is 13.4. The van der Waals surface area contributed by atoms with Crippen molar-refractivity contribution in [1.82, 2.24) is 4.90 Å².